The average Bonchev–Trinajstić information content (AvgIpc) is 2.47. The van der Waals surface area contributed by atoms with E-state index in [0.717, 1.165) is 26.1 Å². The first-order chi connectivity index (χ1) is 6.65. The summed E-state index contributed by atoms with van der Waals surface area (Å²) in [6, 6.07) is -0.0150. The topological polar surface area (TPSA) is 39.1 Å². The highest BCUT2D eigenvalue weighted by Crippen LogP contribution is 2.08. The lowest BCUT2D eigenvalue weighted by atomic mass is 10.4. The highest BCUT2D eigenvalue weighted by molar-refractivity contribution is 5.76. The fourth-order valence-corrected chi connectivity index (χ4v) is 1.49. The van der Waals surface area contributed by atoms with Gasteiger partial charge in [0, 0.05) is 19.8 Å². The van der Waals surface area contributed by atoms with Crippen molar-refractivity contribution in [1.82, 2.24) is 14.8 Å². The van der Waals surface area contributed by atoms with Gasteiger partial charge in [0.25, 0.3) is 0 Å². The summed E-state index contributed by atoms with van der Waals surface area (Å²) in [5.74, 6) is 0. The minimum Gasteiger partial charge on any atom is -0.321 e. The summed E-state index contributed by atoms with van der Waals surface area (Å²) in [5.41, 5.74) is 0. The van der Waals surface area contributed by atoms with Crippen LogP contribution in [0.3, 0.4) is 0 Å². The zero-order valence-electron chi connectivity index (χ0n) is 8.94. The third kappa shape index (κ3) is 2.70. The molecule has 5 nitrogen and oxygen atoms in total. The molecular weight excluding hydrogens is 180 g/mol. The van der Waals surface area contributed by atoms with Gasteiger partial charge in [-0.2, -0.15) is 5.10 Å². The lowest BCUT2D eigenvalue weighted by molar-refractivity contribution is 0.192. The van der Waals surface area contributed by atoms with Crippen molar-refractivity contribution in [1.29, 1.82) is 0 Å². The minimum atomic E-state index is -0.0150. The Labute approximate surface area is 85.0 Å². The normalized spacial score (nSPS) is 16.9. The second-order valence-corrected chi connectivity index (χ2v) is 3.69. The van der Waals surface area contributed by atoms with E-state index in [1.54, 1.807) is 0 Å². The van der Waals surface area contributed by atoms with Gasteiger partial charge in [-0.15, -0.1) is 0 Å². The molecule has 0 saturated carbocycles. The fourth-order valence-electron chi connectivity index (χ4n) is 1.49. The Morgan fingerprint density at radius 2 is 2.21 bits per heavy atom. The van der Waals surface area contributed by atoms with E-state index in [9.17, 15) is 4.79 Å². The molecular formula is C9H18N4O. The van der Waals surface area contributed by atoms with E-state index < -0.39 is 0 Å². The SMILES string of the molecule is C=NN1CCN(CCCN(C)C)C1=O. The highest BCUT2D eigenvalue weighted by Gasteiger charge is 2.26. The lowest BCUT2D eigenvalue weighted by Gasteiger charge is -2.16. The summed E-state index contributed by atoms with van der Waals surface area (Å²) in [4.78, 5) is 15.4. The average molecular weight is 198 g/mol. The van der Waals surface area contributed by atoms with Crippen LogP contribution < -0.4 is 0 Å². The second kappa shape index (κ2) is 4.95. The number of carbonyl (C=O) groups excluding carboxylic acids is 1. The van der Waals surface area contributed by atoms with Crippen LogP contribution in [0.1, 0.15) is 6.42 Å². The monoisotopic (exact) mass is 198 g/mol. The van der Waals surface area contributed by atoms with Crippen molar-refractivity contribution in [2.45, 2.75) is 6.42 Å². The standard InChI is InChI=1S/C9H18N4O/c1-10-13-8-7-12(9(13)14)6-4-5-11(2)3/h1,4-8H2,2-3H3. The van der Waals surface area contributed by atoms with E-state index in [-0.39, 0.29) is 6.03 Å². The molecule has 1 rings (SSSR count). The predicted molar refractivity (Wildman–Crippen MR) is 56.4 cm³/mol. The lowest BCUT2D eigenvalue weighted by Crippen LogP contribution is -2.31. The Balaban J connectivity index is 2.26. The zero-order valence-corrected chi connectivity index (χ0v) is 8.94. The molecule has 1 heterocycles. The zero-order chi connectivity index (χ0) is 10.6. The maximum absolute atomic E-state index is 11.5. The number of carbonyl (C=O) groups is 1. The maximum Gasteiger partial charge on any atom is 0.340 e. The number of rotatable bonds is 5. The molecule has 0 unspecified atom stereocenters. The van der Waals surface area contributed by atoms with Gasteiger partial charge in [0.15, 0.2) is 0 Å². The molecule has 5 heteroatoms. The first-order valence-corrected chi connectivity index (χ1v) is 4.83. The van der Waals surface area contributed by atoms with Gasteiger partial charge in [-0.3, -0.25) is 0 Å². The number of hydrazone groups is 1. The minimum absolute atomic E-state index is 0.0150. The smallest absolute Gasteiger partial charge is 0.321 e. The summed E-state index contributed by atoms with van der Waals surface area (Å²) in [6.07, 6.45) is 1.00. The Morgan fingerprint density at radius 3 is 2.71 bits per heavy atom. The third-order valence-electron chi connectivity index (χ3n) is 2.28. The molecule has 80 valence electrons. The van der Waals surface area contributed by atoms with Crippen molar-refractivity contribution < 1.29 is 4.79 Å². The van der Waals surface area contributed by atoms with Gasteiger partial charge >= 0.3 is 6.03 Å². The molecule has 0 spiro atoms. The molecule has 0 aliphatic carbocycles. The Bertz CT molecular complexity index is 217. The fraction of sp³-hybridized carbons (Fsp3) is 0.778. The summed E-state index contributed by atoms with van der Waals surface area (Å²) in [5, 5.41) is 5.06. The molecule has 0 aromatic heterocycles. The molecule has 0 aromatic carbocycles. The molecule has 1 saturated heterocycles. The molecule has 0 aromatic rings. The van der Waals surface area contributed by atoms with Crippen LogP contribution in [0.4, 0.5) is 4.79 Å². The molecule has 2 amide bonds. The Hall–Kier alpha value is -1.10. The van der Waals surface area contributed by atoms with Crippen molar-refractivity contribution in [3.63, 3.8) is 0 Å². The summed E-state index contributed by atoms with van der Waals surface area (Å²) in [6.45, 7) is 6.61. The van der Waals surface area contributed by atoms with Crippen molar-refractivity contribution in [2.75, 3.05) is 40.3 Å². The summed E-state index contributed by atoms with van der Waals surface area (Å²) in [7, 11) is 4.06. The van der Waals surface area contributed by atoms with E-state index in [1.807, 2.05) is 19.0 Å². The molecule has 1 aliphatic rings. The van der Waals surface area contributed by atoms with Crippen LogP contribution in [-0.4, -0.2) is 67.8 Å². The number of amides is 2. The number of nitrogens with zero attached hydrogens (tertiary/aromatic N) is 4. The molecule has 0 atom stereocenters. The van der Waals surface area contributed by atoms with Gasteiger partial charge in [0.05, 0.1) is 6.54 Å². The van der Waals surface area contributed by atoms with Crippen molar-refractivity contribution >= 4 is 12.7 Å². The third-order valence-corrected chi connectivity index (χ3v) is 2.28. The van der Waals surface area contributed by atoms with Crippen molar-refractivity contribution in [2.24, 2.45) is 5.10 Å². The van der Waals surface area contributed by atoms with Crippen LogP contribution in [0, 0.1) is 0 Å². The van der Waals surface area contributed by atoms with Crippen LogP contribution in [0.2, 0.25) is 0 Å². The van der Waals surface area contributed by atoms with E-state index in [0.29, 0.717) is 6.54 Å². The van der Waals surface area contributed by atoms with E-state index in [4.69, 9.17) is 0 Å². The van der Waals surface area contributed by atoms with Gasteiger partial charge < -0.3 is 9.80 Å². The highest BCUT2D eigenvalue weighted by atomic mass is 16.2. The van der Waals surface area contributed by atoms with Gasteiger partial charge in [-0.25, -0.2) is 9.80 Å². The maximum atomic E-state index is 11.5. The first-order valence-electron chi connectivity index (χ1n) is 4.83. The largest absolute Gasteiger partial charge is 0.340 e. The van der Waals surface area contributed by atoms with E-state index in [1.165, 1.54) is 5.01 Å². The molecule has 0 radical (unpaired) electrons. The predicted octanol–water partition coefficient (Wildman–Crippen LogP) is 0.291. The molecule has 0 bridgehead atoms. The molecule has 0 N–H and O–H groups in total. The van der Waals surface area contributed by atoms with Crippen molar-refractivity contribution in [3.8, 4) is 0 Å². The van der Waals surface area contributed by atoms with Crippen LogP contribution in [0.15, 0.2) is 5.10 Å². The van der Waals surface area contributed by atoms with Crippen LogP contribution in [0.5, 0.6) is 0 Å². The molecule has 14 heavy (non-hydrogen) atoms. The van der Waals surface area contributed by atoms with Crippen LogP contribution >= 0.6 is 0 Å². The Kier molecular flexibility index (Phi) is 3.88. The number of urea groups is 1. The van der Waals surface area contributed by atoms with Gasteiger partial charge in [-0.05, 0) is 27.1 Å². The first kappa shape index (κ1) is 11.0. The van der Waals surface area contributed by atoms with Gasteiger partial charge in [-0.1, -0.05) is 0 Å². The van der Waals surface area contributed by atoms with Crippen LogP contribution in [0.25, 0.3) is 0 Å². The molecule has 1 fully saturated rings. The second-order valence-electron chi connectivity index (χ2n) is 3.69. The quantitative estimate of drug-likeness (QED) is 0.596. The summed E-state index contributed by atoms with van der Waals surface area (Å²) < 4.78 is 0. The number of hydrogen-bond acceptors (Lipinski definition) is 3. The van der Waals surface area contributed by atoms with Crippen molar-refractivity contribution in [3.05, 3.63) is 0 Å². The van der Waals surface area contributed by atoms with E-state index in [2.05, 4.69) is 16.7 Å². The van der Waals surface area contributed by atoms with Crippen LogP contribution in [-0.2, 0) is 0 Å². The number of hydrogen-bond donors (Lipinski definition) is 0. The Morgan fingerprint density at radius 1 is 1.50 bits per heavy atom. The van der Waals surface area contributed by atoms with E-state index >= 15 is 0 Å². The summed E-state index contributed by atoms with van der Waals surface area (Å²) >= 11 is 0. The van der Waals surface area contributed by atoms with Gasteiger partial charge in [0.2, 0.25) is 0 Å². The van der Waals surface area contributed by atoms with Gasteiger partial charge in [0.1, 0.15) is 0 Å². The molecule has 1 aliphatic heterocycles.